The zero-order valence-electron chi connectivity index (χ0n) is 32.3. The van der Waals surface area contributed by atoms with Gasteiger partial charge in [-0.2, -0.15) is 0 Å². The second-order valence-corrected chi connectivity index (χ2v) is 16.9. The lowest BCUT2D eigenvalue weighted by Gasteiger charge is -2.24. The van der Waals surface area contributed by atoms with Crippen molar-refractivity contribution in [2.45, 2.75) is 19.3 Å². The number of fused-ring (bicyclic) bond motifs is 6. The van der Waals surface area contributed by atoms with Gasteiger partial charge in [0.1, 0.15) is 0 Å². The summed E-state index contributed by atoms with van der Waals surface area (Å²) in [5, 5.41) is 2.59. The molecule has 0 atom stereocenters. The van der Waals surface area contributed by atoms with E-state index in [9.17, 15) is 0 Å². The van der Waals surface area contributed by atoms with Crippen molar-refractivity contribution in [3.63, 3.8) is 0 Å². The predicted molar refractivity (Wildman–Crippen MR) is 245 cm³/mol. The largest absolute Gasteiger partial charge is 0.228 e. The van der Waals surface area contributed by atoms with Crippen LogP contribution in [0.5, 0.6) is 0 Å². The third-order valence-corrected chi connectivity index (χ3v) is 13.0. The van der Waals surface area contributed by atoms with Crippen LogP contribution in [0.2, 0.25) is 0 Å². The molecule has 0 aliphatic heterocycles. The third-order valence-electron chi connectivity index (χ3n) is 11.9. The van der Waals surface area contributed by atoms with E-state index in [1.165, 1.54) is 64.7 Å². The minimum atomic E-state index is -0.0935. The molecule has 0 amide bonds. The Morgan fingerprint density at radius 1 is 0.362 bits per heavy atom. The van der Waals surface area contributed by atoms with E-state index in [2.05, 4.69) is 202 Å². The Labute approximate surface area is 342 Å². The molecule has 0 saturated carbocycles. The van der Waals surface area contributed by atoms with E-state index in [4.69, 9.17) is 9.97 Å². The van der Waals surface area contributed by atoms with Gasteiger partial charge in [0.05, 0.1) is 11.4 Å². The molecule has 0 saturated heterocycles. The molecular weight excluding hydrogens is 721 g/mol. The zero-order chi connectivity index (χ0) is 38.8. The summed E-state index contributed by atoms with van der Waals surface area (Å²) in [6.07, 6.45) is 0. The first-order chi connectivity index (χ1) is 28.5. The summed E-state index contributed by atoms with van der Waals surface area (Å²) >= 11 is 1.85. The van der Waals surface area contributed by atoms with Crippen molar-refractivity contribution in [2.24, 2.45) is 0 Å². The van der Waals surface area contributed by atoms with Crippen LogP contribution in [0, 0.1) is 0 Å². The minimum Gasteiger partial charge on any atom is -0.228 e. The Kier molecular flexibility index (Phi) is 8.06. The molecule has 8 aromatic carbocycles. The number of hydrogen-bond acceptors (Lipinski definition) is 3. The van der Waals surface area contributed by atoms with E-state index in [-0.39, 0.29) is 5.41 Å². The molecule has 2 heterocycles. The SMILES string of the molecule is CC1(C)c2ccccc2-c2cccc(-c3ccc(-c4cc(-c5cc(-c6ccccc6)cc(-c6ccc7sc8ccccc8c7c6)c5)nc(-c5ccccc5)n4)cc3)c21. The second kappa shape index (κ2) is 13.6. The fourth-order valence-corrected chi connectivity index (χ4v) is 10.1. The van der Waals surface area contributed by atoms with Gasteiger partial charge in [-0.1, -0.05) is 166 Å². The van der Waals surface area contributed by atoms with Crippen LogP contribution in [0.25, 0.3) is 98.6 Å². The summed E-state index contributed by atoms with van der Waals surface area (Å²) in [4.78, 5) is 10.5. The summed E-state index contributed by atoms with van der Waals surface area (Å²) in [5.41, 5.74) is 17.3. The summed E-state index contributed by atoms with van der Waals surface area (Å²) in [6, 6.07) is 70.1. The maximum atomic E-state index is 5.28. The van der Waals surface area contributed by atoms with Crippen molar-refractivity contribution in [2.75, 3.05) is 0 Å². The Morgan fingerprint density at radius 2 is 0.931 bits per heavy atom. The van der Waals surface area contributed by atoms with Crippen molar-refractivity contribution < 1.29 is 0 Å². The maximum absolute atomic E-state index is 5.28. The quantitative estimate of drug-likeness (QED) is 0.169. The van der Waals surface area contributed by atoms with E-state index in [0.29, 0.717) is 5.82 Å². The van der Waals surface area contributed by atoms with Crippen LogP contribution in [0.4, 0.5) is 0 Å². The Balaban J connectivity index is 1.05. The average molecular weight is 759 g/mol. The fourth-order valence-electron chi connectivity index (χ4n) is 9.01. The van der Waals surface area contributed by atoms with Gasteiger partial charge in [0.15, 0.2) is 5.82 Å². The summed E-state index contributed by atoms with van der Waals surface area (Å²) in [6.45, 7) is 4.70. The van der Waals surface area contributed by atoms with Gasteiger partial charge in [-0.05, 0) is 98.1 Å². The molecule has 11 rings (SSSR count). The average Bonchev–Trinajstić information content (AvgIpc) is 3.78. The zero-order valence-corrected chi connectivity index (χ0v) is 33.1. The molecule has 2 aromatic heterocycles. The predicted octanol–water partition coefficient (Wildman–Crippen LogP) is 15.2. The van der Waals surface area contributed by atoms with Crippen molar-refractivity contribution in [1.82, 2.24) is 9.97 Å². The minimum absolute atomic E-state index is 0.0935. The molecule has 1 aliphatic carbocycles. The van der Waals surface area contributed by atoms with Crippen LogP contribution in [0.15, 0.2) is 194 Å². The molecule has 0 fully saturated rings. The van der Waals surface area contributed by atoms with E-state index in [1.807, 2.05) is 17.4 Å². The van der Waals surface area contributed by atoms with Gasteiger partial charge in [-0.15, -0.1) is 11.3 Å². The van der Waals surface area contributed by atoms with E-state index >= 15 is 0 Å². The van der Waals surface area contributed by atoms with Gasteiger partial charge in [-0.25, -0.2) is 9.97 Å². The Hall–Kier alpha value is -6.94. The smallest absolute Gasteiger partial charge is 0.160 e. The first-order valence-corrected chi connectivity index (χ1v) is 20.7. The summed E-state index contributed by atoms with van der Waals surface area (Å²) in [5.74, 6) is 0.704. The number of rotatable bonds is 6. The molecule has 0 radical (unpaired) electrons. The van der Waals surface area contributed by atoms with Gasteiger partial charge in [-0.3, -0.25) is 0 Å². The number of nitrogens with zero attached hydrogens (tertiary/aromatic N) is 2. The molecule has 0 spiro atoms. The monoisotopic (exact) mass is 758 g/mol. The van der Waals surface area contributed by atoms with Crippen LogP contribution in [-0.2, 0) is 5.41 Å². The molecule has 0 unspecified atom stereocenters. The lowest BCUT2D eigenvalue weighted by atomic mass is 9.79. The van der Waals surface area contributed by atoms with Crippen molar-refractivity contribution >= 4 is 31.5 Å². The molecule has 58 heavy (non-hydrogen) atoms. The summed E-state index contributed by atoms with van der Waals surface area (Å²) < 4.78 is 2.61. The molecule has 0 bridgehead atoms. The molecule has 2 nitrogen and oxygen atoms in total. The molecular formula is C55H38N2S. The highest BCUT2D eigenvalue weighted by molar-refractivity contribution is 7.25. The maximum Gasteiger partial charge on any atom is 0.160 e. The highest BCUT2D eigenvalue weighted by Gasteiger charge is 2.37. The first kappa shape index (κ1) is 34.3. The standard InChI is InChI=1S/C55H38N2S/c1-55(2)48-22-11-9-18-44(48)46-21-13-20-43(53(46)55)36-24-26-37(27-25-36)49-34-50(57-54(56-49)38-16-7-4-8-17-38)42-31-40(35-14-5-3-6-15-35)30-41(32-42)39-28-29-52-47(33-39)45-19-10-12-23-51(45)58-52/h3-34H,1-2H3. The van der Waals surface area contributed by atoms with Gasteiger partial charge >= 0.3 is 0 Å². The van der Waals surface area contributed by atoms with Crippen molar-refractivity contribution in [3.8, 4) is 78.4 Å². The lowest BCUT2D eigenvalue weighted by molar-refractivity contribution is 0.662. The molecule has 0 N–H and O–H groups in total. The summed E-state index contributed by atoms with van der Waals surface area (Å²) in [7, 11) is 0. The number of aromatic nitrogens is 2. The highest BCUT2D eigenvalue weighted by atomic mass is 32.1. The molecule has 1 aliphatic rings. The number of benzene rings is 8. The number of thiophene rings is 1. The Morgan fingerprint density at radius 3 is 1.72 bits per heavy atom. The van der Waals surface area contributed by atoms with Crippen LogP contribution in [-0.4, -0.2) is 9.97 Å². The van der Waals surface area contributed by atoms with Crippen LogP contribution < -0.4 is 0 Å². The van der Waals surface area contributed by atoms with Crippen LogP contribution >= 0.6 is 11.3 Å². The van der Waals surface area contributed by atoms with E-state index < -0.39 is 0 Å². The first-order valence-electron chi connectivity index (χ1n) is 19.9. The van der Waals surface area contributed by atoms with Gasteiger partial charge in [0.25, 0.3) is 0 Å². The van der Waals surface area contributed by atoms with Crippen molar-refractivity contribution in [3.05, 3.63) is 205 Å². The van der Waals surface area contributed by atoms with E-state index in [0.717, 1.165) is 39.2 Å². The molecule has 3 heteroatoms. The van der Waals surface area contributed by atoms with Gasteiger partial charge < -0.3 is 0 Å². The molecule has 10 aromatic rings. The van der Waals surface area contributed by atoms with Gasteiger partial charge in [0.2, 0.25) is 0 Å². The van der Waals surface area contributed by atoms with E-state index in [1.54, 1.807) is 0 Å². The van der Waals surface area contributed by atoms with Crippen LogP contribution in [0.3, 0.4) is 0 Å². The normalized spacial score (nSPS) is 12.8. The van der Waals surface area contributed by atoms with Gasteiger partial charge in [0, 0.05) is 42.3 Å². The lowest BCUT2D eigenvalue weighted by Crippen LogP contribution is -2.16. The molecule has 274 valence electrons. The van der Waals surface area contributed by atoms with Crippen molar-refractivity contribution in [1.29, 1.82) is 0 Å². The topological polar surface area (TPSA) is 25.8 Å². The van der Waals surface area contributed by atoms with Crippen LogP contribution in [0.1, 0.15) is 25.0 Å². The Bertz CT molecular complexity index is 3180. The second-order valence-electron chi connectivity index (χ2n) is 15.8. The third kappa shape index (κ3) is 5.78. The number of hydrogen-bond donors (Lipinski definition) is 0. The fraction of sp³-hybridized carbons (Fsp3) is 0.0545. The highest BCUT2D eigenvalue weighted by Crippen LogP contribution is 2.52.